The summed E-state index contributed by atoms with van der Waals surface area (Å²) in [5.74, 6) is 1.49. The van der Waals surface area contributed by atoms with Gasteiger partial charge in [-0.3, -0.25) is 19.4 Å². The van der Waals surface area contributed by atoms with Gasteiger partial charge in [-0.15, -0.1) is 0 Å². The molecule has 0 aliphatic carbocycles. The van der Waals surface area contributed by atoms with Gasteiger partial charge in [-0.05, 0) is 44.2 Å². The Morgan fingerprint density at radius 3 is 2.82 bits per heavy atom. The summed E-state index contributed by atoms with van der Waals surface area (Å²) in [5, 5.41) is 2.67. The largest absolute Gasteiger partial charge is 0.493 e. The second-order valence-electron chi connectivity index (χ2n) is 8.19. The van der Waals surface area contributed by atoms with Crippen molar-refractivity contribution in [2.24, 2.45) is 12.0 Å². The van der Waals surface area contributed by atoms with Crippen molar-refractivity contribution >= 4 is 36.3 Å². The lowest BCUT2D eigenvalue weighted by Gasteiger charge is -2.29. The van der Waals surface area contributed by atoms with E-state index in [0.29, 0.717) is 36.6 Å². The molecule has 0 radical (unpaired) electrons. The fourth-order valence-corrected chi connectivity index (χ4v) is 3.77. The number of hydrogen-bond acceptors (Lipinski definition) is 7. The molecule has 1 atom stereocenters. The fourth-order valence-electron chi connectivity index (χ4n) is 3.77. The normalized spacial score (nSPS) is 15.9. The lowest BCUT2D eigenvalue weighted by Crippen LogP contribution is -2.39. The number of hydrogen-bond donors (Lipinski definition) is 1. The maximum atomic E-state index is 12.2. The molecule has 1 N–H and O–H groups in total. The number of aromatic nitrogens is 2. The molecule has 0 spiro atoms. The van der Waals surface area contributed by atoms with Gasteiger partial charge in [-0.25, -0.2) is 4.98 Å². The zero-order valence-corrected chi connectivity index (χ0v) is 19.8. The van der Waals surface area contributed by atoms with E-state index in [1.165, 1.54) is 0 Å². The first-order valence-electron chi connectivity index (χ1n) is 11.3. The molecule has 34 heavy (non-hydrogen) atoms. The van der Waals surface area contributed by atoms with Gasteiger partial charge in [-0.1, -0.05) is 0 Å². The van der Waals surface area contributed by atoms with Crippen LogP contribution in [0.4, 0.5) is 11.5 Å². The van der Waals surface area contributed by atoms with Crippen molar-refractivity contribution in [3.05, 3.63) is 29.7 Å². The lowest BCUT2D eigenvalue weighted by atomic mass is 10.0. The second-order valence-corrected chi connectivity index (χ2v) is 8.19. The van der Waals surface area contributed by atoms with Crippen molar-refractivity contribution in [1.82, 2.24) is 14.5 Å². The Morgan fingerprint density at radius 2 is 2.12 bits per heavy atom. The molecule has 3 rings (SSSR count). The van der Waals surface area contributed by atoms with Crippen LogP contribution in [-0.2, 0) is 16.6 Å². The van der Waals surface area contributed by atoms with Gasteiger partial charge in [-0.2, -0.15) is 0 Å². The highest BCUT2D eigenvalue weighted by Gasteiger charge is 2.19. The van der Waals surface area contributed by atoms with E-state index in [1.54, 1.807) is 29.8 Å². The summed E-state index contributed by atoms with van der Waals surface area (Å²) in [6.45, 7) is 3.00. The molecule has 2 heterocycles. The molecule has 2 aromatic rings. The highest BCUT2D eigenvalue weighted by molar-refractivity contribution is 5.90. The Morgan fingerprint density at radius 1 is 1.29 bits per heavy atom. The van der Waals surface area contributed by atoms with Crippen LogP contribution in [-0.4, -0.2) is 65.6 Å². The van der Waals surface area contributed by atoms with Gasteiger partial charge >= 0.3 is 0 Å². The molecule has 10 heteroatoms. The summed E-state index contributed by atoms with van der Waals surface area (Å²) in [5.41, 5.74) is 1.67. The summed E-state index contributed by atoms with van der Waals surface area (Å²) in [6, 6.07) is 3.67. The van der Waals surface area contributed by atoms with E-state index in [4.69, 9.17) is 9.47 Å². The number of nitrogens with one attached hydrogen (secondary N) is 1. The Hall–Kier alpha value is -3.69. The summed E-state index contributed by atoms with van der Waals surface area (Å²) < 4.78 is 12.9. The SMILES string of the molecule is COc1cc(C)c(N=CC2CCCCN2C=O)cc1OCCCC(=O)Nc1cn(C)c(C=O)n1. The number of nitrogens with zero attached hydrogens (tertiary/aromatic N) is 4. The van der Waals surface area contributed by atoms with Crippen LogP contribution in [0.3, 0.4) is 0 Å². The summed E-state index contributed by atoms with van der Waals surface area (Å²) in [4.78, 5) is 44.8. The molecule has 1 aliphatic rings. The minimum Gasteiger partial charge on any atom is -0.493 e. The van der Waals surface area contributed by atoms with Gasteiger partial charge < -0.3 is 24.3 Å². The van der Waals surface area contributed by atoms with Crippen molar-refractivity contribution in [2.45, 2.75) is 45.1 Å². The van der Waals surface area contributed by atoms with E-state index in [-0.39, 0.29) is 24.2 Å². The first-order chi connectivity index (χ1) is 16.4. The molecule has 1 aliphatic heterocycles. The van der Waals surface area contributed by atoms with Crippen molar-refractivity contribution in [3.63, 3.8) is 0 Å². The molecular formula is C24H31N5O5. The van der Waals surface area contributed by atoms with Crippen molar-refractivity contribution in [1.29, 1.82) is 0 Å². The van der Waals surface area contributed by atoms with Crippen molar-refractivity contribution in [3.8, 4) is 11.5 Å². The van der Waals surface area contributed by atoms with Gasteiger partial charge in [0.05, 0.1) is 25.4 Å². The molecule has 0 saturated carbocycles. The van der Waals surface area contributed by atoms with Crippen molar-refractivity contribution in [2.75, 3.05) is 25.6 Å². The van der Waals surface area contributed by atoms with E-state index in [1.807, 2.05) is 25.3 Å². The fraction of sp³-hybridized carbons (Fsp3) is 0.458. The Kier molecular flexibility index (Phi) is 8.78. The highest BCUT2D eigenvalue weighted by Crippen LogP contribution is 2.35. The first-order valence-corrected chi connectivity index (χ1v) is 11.3. The monoisotopic (exact) mass is 469 g/mol. The molecule has 1 aromatic heterocycles. The number of imidazole rings is 1. The Balaban J connectivity index is 1.57. The number of rotatable bonds is 11. The maximum absolute atomic E-state index is 12.2. The van der Waals surface area contributed by atoms with E-state index in [2.05, 4.69) is 15.3 Å². The molecule has 1 fully saturated rings. The molecular weight excluding hydrogens is 438 g/mol. The molecule has 2 amide bonds. The maximum Gasteiger partial charge on any atom is 0.225 e. The topological polar surface area (TPSA) is 115 Å². The number of aliphatic imine (C=N–C) groups is 1. The highest BCUT2D eigenvalue weighted by atomic mass is 16.5. The third kappa shape index (κ3) is 6.43. The predicted octanol–water partition coefficient (Wildman–Crippen LogP) is 3.06. The van der Waals surface area contributed by atoms with Crippen LogP contribution in [0.15, 0.2) is 23.3 Å². The zero-order valence-electron chi connectivity index (χ0n) is 19.8. The summed E-state index contributed by atoms with van der Waals surface area (Å²) >= 11 is 0. The van der Waals surface area contributed by atoms with Gasteiger partial charge in [0.25, 0.3) is 0 Å². The standard InChI is InChI=1S/C24H31N5O5/c1-17-11-20(33-3)21(12-19(17)25-13-18-7-4-5-9-29(18)16-31)34-10-6-8-24(32)27-22-14-28(2)23(15-30)26-22/h11-16,18H,4-10H2,1-3H3,(H,27,32). The number of aldehydes is 1. The average molecular weight is 470 g/mol. The minimum absolute atomic E-state index is 0.00246. The smallest absolute Gasteiger partial charge is 0.225 e. The Bertz CT molecular complexity index is 1050. The lowest BCUT2D eigenvalue weighted by molar-refractivity contribution is -0.120. The quantitative estimate of drug-likeness (QED) is 0.307. The number of amides is 2. The molecule has 1 unspecified atom stereocenters. The van der Waals surface area contributed by atoms with Crippen LogP contribution in [0.25, 0.3) is 0 Å². The summed E-state index contributed by atoms with van der Waals surface area (Å²) in [7, 11) is 3.25. The predicted molar refractivity (Wildman–Crippen MR) is 128 cm³/mol. The first kappa shape index (κ1) is 24.9. The van der Waals surface area contributed by atoms with Crippen LogP contribution < -0.4 is 14.8 Å². The van der Waals surface area contributed by atoms with Gasteiger partial charge in [0.15, 0.2) is 29.4 Å². The number of carbonyl (C=O) groups excluding carboxylic acids is 3. The van der Waals surface area contributed by atoms with E-state index in [0.717, 1.165) is 43.5 Å². The second kappa shape index (κ2) is 12.0. The van der Waals surface area contributed by atoms with E-state index in [9.17, 15) is 14.4 Å². The Labute approximate surface area is 199 Å². The van der Waals surface area contributed by atoms with E-state index >= 15 is 0 Å². The zero-order chi connectivity index (χ0) is 24.5. The van der Waals surface area contributed by atoms with Crippen LogP contribution in [0, 0.1) is 6.92 Å². The third-order valence-corrected chi connectivity index (χ3v) is 5.69. The molecule has 1 saturated heterocycles. The number of piperidine rings is 1. The van der Waals surface area contributed by atoms with Crippen molar-refractivity contribution < 1.29 is 23.9 Å². The number of aryl methyl sites for hydroxylation is 2. The molecule has 1 aromatic carbocycles. The summed E-state index contributed by atoms with van der Waals surface area (Å²) in [6.07, 6.45) is 8.62. The number of ether oxygens (including phenoxy) is 2. The van der Waals surface area contributed by atoms with E-state index < -0.39 is 0 Å². The number of anilines is 1. The molecule has 10 nitrogen and oxygen atoms in total. The van der Waals surface area contributed by atoms with Crippen LogP contribution >= 0.6 is 0 Å². The number of likely N-dealkylation sites (tertiary alicyclic amines) is 1. The number of carbonyl (C=O) groups is 3. The van der Waals surface area contributed by atoms with Crippen LogP contribution in [0.2, 0.25) is 0 Å². The van der Waals surface area contributed by atoms with Crippen LogP contribution in [0.5, 0.6) is 11.5 Å². The molecule has 182 valence electrons. The van der Waals surface area contributed by atoms with Gasteiger partial charge in [0.1, 0.15) is 0 Å². The van der Waals surface area contributed by atoms with Gasteiger partial charge in [0.2, 0.25) is 12.3 Å². The number of methoxy groups -OCH3 is 1. The minimum atomic E-state index is -0.215. The number of benzene rings is 1. The van der Waals surface area contributed by atoms with Crippen LogP contribution in [0.1, 0.15) is 48.3 Å². The van der Waals surface area contributed by atoms with Gasteiger partial charge in [0, 0.05) is 38.5 Å². The average Bonchev–Trinajstić information content (AvgIpc) is 3.20. The molecule has 0 bridgehead atoms. The third-order valence-electron chi connectivity index (χ3n) is 5.69.